The Labute approximate surface area is 194 Å². The first-order valence-corrected chi connectivity index (χ1v) is 10.6. The Bertz CT molecular complexity index is 1290. The Morgan fingerprint density at radius 1 is 1.00 bits per heavy atom. The average Bonchev–Trinajstić information content (AvgIpc) is 3.45. The second-order valence-electron chi connectivity index (χ2n) is 7.74. The van der Waals surface area contributed by atoms with E-state index in [4.69, 9.17) is 9.15 Å². The zero-order chi connectivity index (χ0) is 23.7. The lowest BCUT2D eigenvalue weighted by atomic mass is 10.1. The number of carbonyl (C=O) groups is 2. The van der Waals surface area contributed by atoms with Gasteiger partial charge < -0.3 is 14.1 Å². The quantitative estimate of drug-likeness (QED) is 0.269. The molecule has 0 spiro atoms. The van der Waals surface area contributed by atoms with Crippen molar-refractivity contribution >= 4 is 35.0 Å². The van der Waals surface area contributed by atoms with Crippen molar-refractivity contribution in [3.05, 3.63) is 82.1 Å². The molecule has 3 heterocycles. The molecule has 2 aliphatic heterocycles. The van der Waals surface area contributed by atoms with Gasteiger partial charge in [0.2, 0.25) is 0 Å². The summed E-state index contributed by atoms with van der Waals surface area (Å²) in [5, 5.41) is 12.9. The third-order valence-corrected chi connectivity index (χ3v) is 5.63. The van der Waals surface area contributed by atoms with E-state index in [-0.39, 0.29) is 17.0 Å². The van der Waals surface area contributed by atoms with Crippen molar-refractivity contribution in [3.8, 4) is 11.3 Å². The number of hydrazine groups is 1. The summed E-state index contributed by atoms with van der Waals surface area (Å²) in [4.78, 5) is 38.4. The van der Waals surface area contributed by atoms with Crippen molar-refractivity contribution in [1.29, 1.82) is 0 Å². The second-order valence-corrected chi connectivity index (χ2v) is 7.74. The Morgan fingerprint density at radius 2 is 1.76 bits per heavy atom. The maximum atomic E-state index is 12.7. The molecule has 2 amide bonds. The summed E-state index contributed by atoms with van der Waals surface area (Å²) in [6.45, 7) is 2.19. The van der Waals surface area contributed by atoms with Gasteiger partial charge in [-0.25, -0.2) is 5.01 Å². The first-order chi connectivity index (χ1) is 16.5. The zero-order valence-corrected chi connectivity index (χ0v) is 18.0. The molecule has 0 bridgehead atoms. The molecule has 1 aromatic heterocycles. The van der Waals surface area contributed by atoms with Gasteiger partial charge in [0.25, 0.3) is 17.5 Å². The minimum atomic E-state index is -0.544. The minimum absolute atomic E-state index is 0.0282. The summed E-state index contributed by atoms with van der Waals surface area (Å²) in [7, 11) is 0. The molecule has 172 valence electrons. The molecule has 0 radical (unpaired) electrons. The predicted octanol–water partition coefficient (Wildman–Crippen LogP) is 3.15. The number of carbonyl (C=O) groups excluding carboxylic acids is 2. The molecule has 2 aromatic carbocycles. The van der Waals surface area contributed by atoms with Gasteiger partial charge >= 0.3 is 0 Å². The Kier molecular flexibility index (Phi) is 5.56. The van der Waals surface area contributed by atoms with Crippen LogP contribution < -0.4 is 15.3 Å². The van der Waals surface area contributed by atoms with Crippen molar-refractivity contribution < 1.29 is 23.7 Å². The lowest BCUT2D eigenvalue weighted by Gasteiger charge is -2.28. The van der Waals surface area contributed by atoms with E-state index < -0.39 is 16.7 Å². The number of nitro groups is 1. The van der Waals surface area contributed by atoms with Crippen LogP contribution in [0.5, 0.6) is 0 Å². The van der Waals surface area contributed by atoms with Crippen molar-refractivity contribution in [2.45, 2.75) is 0 Å². The number of nitro benzene ring substituents is 1. The number of para-hydroxylation sites is 1. The molecular formula is C24H20N4O6. The molecule has 0 atom stereocenters. The van der Waals surface area contributed by atoms with Gasteiger partial charge in [0, 0.05) is 24.7 Å². The van der Waals surface area contributed by atoms with Crippen LogP contribution in [0.2, 0.25) is 0 Å². The standard InChI is InChI=1S/C24H20N4O6/c29-23-19(24(30)27(25-23)17-4-2-1-3-5-17)15-18-7-9-22(34-18)16-6-8-20(21(14-16)28(31)32)26-10-12-33-13-11-26/h1-9,14-15H,10-13H2,(H,25,29). The fourth-order valence-electron chi connectivity index (χ4n) is 3.94. The highest BCUT2D eigenvalue weighted by Gasteiger charge is 2.34. The van der Waals surface area contributed by atoms with Gasteiger partial charge in [0.1, 0.15) is 22.8 Å². The third-order valence-electron chi connectivity index (χ3n) is 5.63. The number of nitrogens with one attached hydrogen (secondary N) is 1. The molecule has 2 aliphatic rings. The first kappa shape index (κ1) is 21.4. The summed E-state index contributed by atoms with van der Waals surface area (Å²) in [5.41, 5.74) is 4.02. The van der Waals surface area contributed by atoms with Gasteiger partial charge in [-0.05, 0) is 42.5 Å². The monoisotopic (exact) mass is 460 g/mol. The van der Waals surface area contributed by atoms with Gasteiger partial charge in [-0.2, -0.15) is 0 Å². The summed E-state index contributed by atoms with van der Waals surface area (Å²) in [6.07, 6.45) is 1.36. The lowest BCUT2D eigenvalue weighted by Crippen LogP contribution is -2.36. The minimum Gasteiger partial charge on any atom is -0.457 e. The van der Waals surface area contributed by atoms with Crippen LogP contribution in [0.4, 0.5) is 17.1 Å². The molecule has 0 aliphatic carbocycles. The third kappa shape index (κ3) is 4.02. The molecule has 5 rings (SSSR count). The topological polar surface area (TPSA) is 118 Å². The highest BCUT2D eigenvalue weighted by molar-refractivity contribution is 6.31. The predicted molar refractivity (Wildman–Crippen MR) is 124 cm³/mol. The number of benzene rings is 2. The van der Waals surface area contributed by atoms with E-state index in [0.29, 0.717) is 49.0 Å². The number of furan rings is 1. The molecule has 2 fully saturated rings. The number of rotatable bonds is 5. The Balaban J connectivity index is 1.41. The van der Waals surface area contributed by atoms with Crippen LogP contribution in [-0.4, -0.2) is 43.0 Å². The van der Waals surface area contributed by atoms with Crippen LogP contribution in [0, 0.1) is 10.1 Å². The summed E-state index contributed by atoms with van der Waals surface area (Å²) in [6, 6.07) is 16.9. The van der Waals surface area contributed by atoms with Crippen LogP contribution in [0.15, 0.2) is 70.7 Å². The van der Waals surface area contributed by atoms with Gasteiger partial charge in [-0.3, -0.25) is 25.1 Å². The lowest BCUT2D eigenvalue weighted by molar-refractivity contribution is -0.384. The highest BCUT2D eigenvalue weighted by atomic mass is 16.6. The maximum Gasteiger partial charge on any atom is 0.293 e. The van der Waals surface area contributed by atoms with E-state index in [1.54, 1.807) is 48.5 Å². The molecule has 0 saturated carbocycles. The van der Waals surface area contributed by atoms with E-state index in [0.717, 1.165) is 0 Å². The summed E-state index contributed by atoms with van der Waals surface area (Å²) in [5.74, 6) is -0.380. The molecule has 0 unspecified atom stereocenters. The Hall–Kier alpha value is -4.44. The molecule has 10 nitrogen and oxygen atoms in total. The molecule has 3 aromatic rings. The molecule has 10 heteroatoms. The maximum absolute atomic E-state index is 12.7. The van der Waals surface area contributed by atoms with Crippen LogP contribution in [0.25, 0.3) is 17.4 Å². The van der Waals surface area contributed by atoms with Crippen molar-refractivity contribution in [1.82, 2.24) is 5.43 Å². The Morgan fingerprint density at radius 3 is 2.50 bits per heavy atom. The molecular weight excluding hydrogens is 440 g/mol. The largest absolute Gasteiger partial charge is 0.457 e. The summed E-state index contributed by atoms with van der Waals surface area (Å²) < 4.78 is 11.1. The molecule has 2 saturated heterocycles. The first-order valence-electron chi connectivity index (χ1n) is 10.6. The molecule has 34 heavy (non-hydrogen) atoms. The number of morpholine rings is 1. The molecule has 1 N–H and O–H groups in total. The van der Waals surface area contributed by atoms with Gasteiger partial charge in [-0.1, -0.05) is 18.2 Å². The van der Waals surface area contributed by atoms with Crippen LogP contribution in [0.1, 0.15) is 5.76 Å². The van der Waals surface area contributed by atoms with Crippen molar-refractivity contribution in [2.75, 3.05) is 36.2 Å². The smallest absolute Gasteiger partial charge is 0.293 e. The van der Waals surface area contributed by atoms with Crippen molar-refractivity contribution in [2.24, 2.45) is 0 Å². The van der Waals surface area contributed by atoms with Crippen LogP contribution in [-0.2, 0) is 14.3 Å². The fraction of sp³-hybridized carbons (Fsp3) is 0.167. The highest BCUT2D eigenvalue weighted by Crippen LogP contribution is 2.34. The number of ether oxygens (including phenoxy) is 1. The van der Waals surface area contributed by atoms with E-state index in [1.807, 2.05) is 11.0 Å². The SMILES string of the molecule is O=C1NN(c2ccccc2)C(=O)C1=Cc1ccc(-c2ccc(N3CCOCC3)c([N+](=O)[O-])c2)o1. The fourth-order valence-corrected chi connectivity index (χ4v) is 3.94. The number of hydrogen-bond acceptors (Lipinski definition) is 7. The average molecular weight is 460 g/mol. The van der Waals surface area contributed by atoms with Crippen molar-refractivity contribution in [3.63, 3.8) is 0 Å². The number of amides is 2. The van der Waals surface area contributed by atoms with Gasteiger partial charge in [-0.15, -0.1) is 0 Å². The van der Waals surface area contributed by atoms with E-state index in [1.165, 1.54) is 17.2 Å². The number of nitrogens with zero attached hydrogens (tertiary/aromatic N) is 3. The second kappa shape index (κ2) is 8.83. The normalized spacial score (nSPS) is 17.4. The number of anilines is 2. The van der Waals surface area contributed by atoms with Gasteiger partial charge in [0.05, 0.1) is 23.8 Å². The van der Waals surface area contributed by atoms with E-state index >= 15 is 0 Å². The summed E-state index contributed by atoms with van der Waals surface area (Å²) >= 11 is 0. The van der Waals surface area contributed by atoms with Gasteiger partial charge in [0.15, 0.2) is 0 Å². The zero-order valence-electron chi connectivity index (χ0n) is 18.0. The van der Waals surface area contributed by atoms with Crippen LogP contribution in [0.3, 0.4) is 0 Å². The van der Waals surface area contributed by atoms with E-state index in [2.05, 4.69) is 5.43 Å². The van der Waals surface area contributed by atoms with Crippen LogP contribution >= 0.6 is 0 Å². The number of hydrogen-bond donors (Lipinski definition) is 1. The van der Waals surface area contributed by atoms with E-state index in [9.17, 15) is 19.7 Å².